The first kappa shape index (κ1) is 27.4. The molecule has 0 heterocycles. The zero-order valence-electron chi connectivity index (χ0n) is 20.3. The first-order chi connectivity index (χ1) is 17.2. The van der Waals surface area contributed by atoms with Crippen molar-refractivity contribution in [3.05, 3.63) is 101 Å². The summed E-state index contributed by atoms with van der Waals surface area (Å²) in [5, 5.41) is 2.84. The standard InChI is InChI=1S/C27H30BrN3O4S/c1-3-29-27(33)25(18-21-10-6-4-7-11-21)30(19-22-14-16-23(28)17-15-22)26(32)20-31(36(2,34)35)24-12-8-5-9-13-24/h4-17,25H,3,18-20H2,1-2H3,(H,29,33)/t25-/m1/s1. The highest BCUT2D eigenvalue weighted by molar-refractivity contribution is 9.10. The maximum atomic E-state index is 13.8. The van der Waals surface area contributed by atoms with Gasteiger partial charge in [-0.3, -0.25) is 13.9 Å². The van der Waals surface area contributed by atoms with Crippen molar-refractivity contribution < 1.29 is 18.0 Å². The summed E-state index contributed by atoms with van der Waals surface area (Å²) in [4.78, 5) is 28.5. The predicted octanol–water partition coefficient (Wildman–Crippen LogP) is 3.99. The molecule has 0 unspecified atom stereocenters. The molecule has 0 bridgehead atoms. The molecular weight excluding hydrogens is 542 g/mol. The van der Waals surface area contributed by atoms with E-state index in [0.29, 0.717) is 18.7 Å². The third-order valence-electron chi connectivity index (χ3n) is 5.61. The molecule has 3 aromatic rings. The van der Waals surface area contributed by atoms with Crippen LogP contribution >= 0.6 is 15.9 Å². The second-order valence-electron chi connectivity index (χ2n) is 8.35. The molecule has 0 saturated carbocycles. The largest absolute Gasteiger partial charge is 0.355 e. The van der Waals surface area contributed by atoms with Gasteiger partial charge in [0.2, 0.25) is 21.8 Å². The smallest absolute Gasteiger partial charge is 0.244 e. The van der Waals surface area contributed by atoms with E-state index in [-0.39, 0.29) is 12.5 Å². The quantitative estimate of drug-likeness (QED) is 0.377. The molecule has 190 valence electrons. The van der Waals surface area contributed by atoms with Crippen LogP contribution in [0, 0.1) is 0 Å². The van der Waals surface area contributed by atoms with Gasteiger partial charge in [0.05, 0.1) is 11.9 Å². The lowest BCUT2D eigenvalue weighted by atomic mass is 10.0. The van der Waals surface area contributed by atoms with Crippen LogP contribution in [0.4, 0.5) is 5.69 Å². The molecule has 3 rings (SSSR count). The molecule has 3 aromatic carbocycles. The highest BCUT2D eigenvalue weighted by atomic mass is 79.9. The van der Waals surface area contributed by atoms with E-state index in [4.69, 9.17) is 0 Å². The van der Waals surface area contributed by atoms with Gasteiger partial charge in [-0.15, -0.1) is 0 Å². The maximum absolute atomic E-state index is 13.8. The van der Waals surface area contributed by atoms with E-state index in [0.717, 1.165) is 26.2 Å². The summed E-state index contributed by atoms with van der Waals surface area (Å²) in [6.07, 6.45) is 1.36. The van der Waals surface area contributed by atoms with Crippen molar-refractivity contribution in [2.24, 2.45) is 0 Å². The van der Waals surface area contributed by atoms with E-state index >= 15 is 0 Å². The van der Waals surface area contributed by atoms with Crippen molar-refractivity contribution in [1.29, 1.82) is 0 Å². The average molecular weight is 573 g/mol. The van der Waals surface area contributed by atoms with E-state index in [1.165, 1.54) is 4.90 Å². The summed E-state index contributed by atoms with van der Waals surface area (Å²) in [7, 11) is -3.76. The minimum atomic E-state index is -3.76. The van der Waals surface area contributed by atoms with Crippen LogP contribution in [0.3, 0.4) is 0 Å². The molecule has 7 nitrogen and oxygen atoms in total. The number of nitrogens with zero attached hydrogens (tertiary/aromatic N) is 2. The molecule has 36 heavy (non-hydrogen) atoms. The van der Waals surface area contributed by atoms with Crippen molar-refractivity contribution in [3.63, 3.8) is 0 Å². The van der Waals surface area contributed by atoms with Crippen LogP contribution in [0.2, 0.25) is 0 Å². The molecular formula is C27H30BrN3O4S. The SMILES string of the molecule is CCNC(=O)[C@@H](Cc1ccccc1)N(Cc1ccc(Br)cc1)C(=O)CN(c1ccccc1)S(C)(=O)=O. The predicted molar refractivity (Wildman–Crippen MR) is 146 cm³/mol. The Bertz CT molecular complexity index is 1250. The average Bonchev–Trinajstić information content (AvgIpc) is 2.86. The highest BCUT2D eigenvalue weighted by Crippen LogP contribution is 2.20. The normalized spacial score (nSPS) is 12.0. The maximum Gasteiger partial charge on any atom is 0.244 e. The molecule has 0 fully saturated rings. The second-order valence-corrected chi connectivity index (χ2v) is 11.2. The van der Waals surface area contributed by atoms with Crippen LogP contribution in [0.15, 0.2) is 89.4 Å². The zero-order valence-corrected chi connectivity index (χ0v) is 22.7. The topological polar surface area (TPSA) is 86.8 Å². The minimum absolute atomic E-state index is 0.146. The van der Waals surface area contributed by atoms with Crippen molar-refractivity contribution in [2.75, 3.05) is 23.7 Å². The highest BCUT2D eigenvalue weighted by Gasteiger charge is 2.32. The number of carbonyl (C=O) groups excluding carboxylic acids is 2. The van der Waals surface area contributed by atoms with Crippen molar-refractivity contribution in [1.82, 2.24) is 10.2 Å². The van der Waals surface area contributed by atoms with Crippen LogP contribution in [-0.2, 0) is 32.6 Å². The van der Waals surface area contributed by atoms with Gasteiger partial charge >= 0.3 is 0 Å². The number of sulfonamides is 1. The Morgan fingerprint density at radius 1 is 0.889 bits per heavy atom. The molecule has 0 aliphatic carbocycles. The summed E-state index contributed by atoms with van der Waals surface area (Å²) in [6, 6.07) is 24.6. The molecule has 9 heteroatoms. The number of benzene rings is 3. The Labute approximate surface area is 221 Å². The van der Waals surface area contributed by atoms with Gasteiger partial charge in [0.25, 0.3) is 0 Å². The third-order valence-corrected chi connectivity index (χ3v) is 7.28. The Morgan fingerprint density at radius 2 is 1.47 bits per heavy atom. The van der Waals surface area contributed by atoms with E-state index in [1.807, 2.05) is 61.5 Å². The van der Waals surface area contributed by atoms with Gasteiger partial charge in [0.1, 0.15) is 12.6 Å². The summed E-state index contributed by atoms with van der Waals surface area (Å²) in [5.41, 5.74) is 2.10. The van der Waals surface area contributed by atoms with E-state index in [1.54, 1.807) is 30.3 Å². The van der Waals surface area contributed by atoms with Gasteiger partial charge < -0.3 is 10.2 Å². The number of carbonyl (C=O) groups is 2. The minimum Gasteiger partial charge on any atom is -0.355 e. The van der Waals surface area contributed by atoms with Crippen molar-refractivity contribution >= 4 is 43.5 Å². The third kappa shape index (κ3) is 7.66. The van der Waals surface area contributed by atoms with Crippen LogP contribution in [-0.4, -0.2) is 50.5 Å². The molecule has 0 saturated heterocycles. The number of anilines is 1. The molecule has 0 radical (unpaired) electrons. The van der Waals surface area contributed by atoms with Crippen LogP contribution in [0.25, 0.3) is 0 Å². The number of para-hydroxylation sites is 1. The molecule has 2 amide bonds. The van der Waals surface area contributed by atoms with E-state index in [9.17, 15) is 18.0 Å². The first-order valence-electron chi connectivity index (χ1n) is 11.6. The summed E-state index contributed by atoms with van der Waals surface area (Å²) in [5.74, 6) is -0.767. The fraction of sp³-hybridized carbons (Fsp3) is 0.259. The Balaban J connectivity index is 2.01. The van der Waals surface area contributed by atoms with Crippen LogP contribution < -0.4 is 9.62 Å². The van der Waals surface area contributed by atoms with E-state index < -0.39 is 28.5 Å². The molecule has 0 aliphatic heterocycles. The number of likely N-dealkylation sites (N-methyl/N-ethyl adjacent to an activating group) is 1. The molecule has 0 spiro atoms. The first-order valence-corrected chi connectivity index (χ1v) is 14.2. The lowest BCUT2D eigenvalue weighted by molar-refractivity contribution is -0.140. The zero-order chi connectivity index (χ0) is 26.1. The molecule has 1 N–H and O–H groups in total. The summed E-state index contributed by atoms with van der Waals surface area (Å²) >= 11 is 3.42. The van der Waals surface area contributed by atoms with Crippen molar-refractivity contribution in [2.45, 2.75) is 25.9 Å². The number of amides is 2. The summed E-state index contributed by atoms with van der Waals surface area (Å²) in [6.45, 7) is 1.94. The van der Waals surface area contributed by atoms with Gasteiger partial charge in [-0.2, -0.15) is 0 Å². The van der Waals surface area contributed by atoms with Gasteiger partial charge in [-0.05, 0) is 42.3 Å². The van der Waals surface area contributed by atoms with Crippen LogP contribution in [0.5, 0.6) is 0 Å². The fourth-order valence-electron chi connectivity index (χ4n) is 3.84. The Kier molecular flexibility index (Phi) is 9.66. The molecule has 1 atom stereocenters. The number of nitrogens with one attached hydrogen (secondary N) is 1. The lowest BCUT2D eigenvalue weighted by Gasteiger charge is -2.33. The second kappa shape index (κ2) is 12.7. The van der Waals surface area contributed by atoms with Gasteiger partial charge in [-0.1, -0.05) is 76.6 Å². The number of halogens is 1. The number of hydrogen-bond donors (Lipinski definition) is 1. The van der Waals surface area contributed by atoms with E-state index in [2.05, 4.69) is 21.2 Å². The van der Waals surface area contributed by atoms with Crippen molar-refractivity contribution in [3.8, 4) is 0 Å². The fourth-order valence-corrected chi connectivity index (χ4v) is 4.95. The molecule has 0 aromatic heterocycles. The van der Waals surface area contributed by atoms with Gasteiger partial charge in [0, 0.05) is 24.0 Å². The number of rotatable bonds is 11. The van der Waals surface area contributed by atoms with Gasteiger partial charge in [-0.25, -0.2) is 8.42 Å². The van der Waals surface area contributed by atoms with Gasteiger partial charge in [0.15, 0.2) is 0 Å². The monoisotopic (exact) mass is 571 g/mol. The molecule has 0 aliphatic rings. The summed E-state index contributed by atoms with van der Waals surface area (Å²) < 4.78 is 27.3. The number of hydrogen-bond acceptors (Lipinski definition) is 4. The Morgan fingerprint density at radius 3 is 2.03 bits per heavy atom. The lowest BCUT2D eigenvalue weighted by Crippen LogP contribution is -2.53. The van der Waals surface area contributed by atoms with Crippen LogP contribution in [0.1, 0.15) is 18.1 Å². The Hall–Kier alpha value is -3.17.